The van der Waals surface area contributed by atoms with E-state index in [1.54, 1.807) is 12.1 Å². The van der Waals surface area contributed by atoms with Crippen LogP contribution in [-0.4, -0.2) is 69.6 Å². The second kappa shape index (κ2) is 15.3. The molecule has 8 radical (unpaired) electrons. The van der Waals surface area contributed by atoms with Crippen molar-refractivity contribution in [3.05, 3.63) is 34.4 Å². The first-order chi connectivity index (χ1) is 16.0. The standard InChI is InChI=1S/C22H38N2O6Si4/c1-21(2,19(27-31-5)28-32-6)13-15-23(17-11-9-10-12-18(17)24(25)26)16-14-22(3,4)20(29-33-7)30-34-8/h9-12,19-20H,13-16H2,1-8H3. The first-order valence-electron chi connectivity index (χ1n) is 11.3. The van der Waals surface area contributed by atoms with Gasteiger partial charge in [0.25, 0.3) is 5.69 Å². The van der Waals surface area contributed by atoms with Gasteiger partial charge < -0.3 is 22.6 Å². The molecule has 0 aliphatic rings. The molecule has 12 heteroatoms. The average molecular weight is 539 g/mol. The smallest absolute Gasteiger partial charge is 0.292 e. The van der Waals surface area contributed by atoms with Crippen LogP contribution in [0.4, 0.5) is 11.4 Å². The number of benzene rings is 1. The van der Waals surface area contributed by atoms with Crippen molar-refractivity contribution in [1.82, 2.24) is 0 Å². The van der Waals surface area contributed by atoms with E-state index in [0.717, 1.165) is 12.8 Å². The molecule has 1 rings (SSSR count). The third-order valence-corrected chi connectivity index (χ3v) is 7.45. The lowest BCUT2D eigenvalue weighted by molar-refractivity contribution is -0.384. The fraction of sp³-hybridized carbons (Fsp3) is 0.727. The molecule has 1 aromatic rings. The average Bonchev–Trinajstić information content (AvgIpc) is 2.78. The first kappa shape index (κ1) is 31.2. The van der Waals surface area contributed by atoms with Gasteiger partial charge in [0.1, 0.15) is 18.3 Å². The number of nitro benzene ring substituents is 1. The van der Waals surface area contributed by atoms with E-state index in [2.05, 4.69) is 32.6 Å². The lowest BCUT2D eigenvalue weighted by Gasteiger charge is -2.38. The Morgan fingerprint density at radius 1 is 0.824 bits per heavy atom. The molecule has 0 N–H and O–H groups in total. The number of nitrogens with zero attached hydrogens (tertiary/aromatic N) is 2. The highest BCUT2D eigenvalue weighted by Gasteiger charge is 2.34. The van der Waals surface area contributed by atoms with Gasteiger partial charge in [-0.1, -0.05) is 39.8 Å². The van der Waals surface area contributed by atoms with Crippen molar-refractivity contribution in [2.75, 3.05) is 18.0 Å². The van der Waals surface area contributed by atoms with Gasteiger partial charge in [0, 0.05) is 30.0 Å². The van der Waals surface area contributed by atoms with Crippen LogP contribution in [-0.2, 0) is 17.7 Å². The van der Waals surface area contributed by atoms with Crippen LogP contribution in [0.15, 0.2) is 24.3 Å². The molecule has 34 heavy (non-hydrogen) atoms. The normalized spacial score (nSPS) is 12.5. The third-order valence-electron chi connectivity index (χ3n) is 5.65. The molecule has 8 nitrogen and oxygen atoms in total. The Hall–Kier alpha value is -0.872. The molecule has 0 aliphatic carbocycles. The first-order valence-corrected chi connectivity index (χ1v) is 16.9. The second-order valence-corrected chi connectivity index (χ2v) is 11.7. The summed E-state index contributed by atoms with van der Waals surface area (Å²) in [6.07, 6.45) is 0.876. The zero-order valence-electron chi connectivity index (χ0n) is 21.6. The number of rotatable bonds is 18. The monoisotopic (exact) mass is 538 g/mol. The summed E-state index contributed by atoms with van der Waals surface area (Å²) < 4.78 is 23.6. The van der Waals surface area contributed by atoms with Crippen LogP contribution in [0.25, 0.3) is 0 Å². The van der Waals surface area contributed by atoms with Crippen molar-refractivity contribution >= 4 is 50.4 Å². The van der Waals surface area contributed by atoms with Crippen LogP contribution in [0.1, 0.15) is 40.5 Å². The molecule has 188 valence electrons. The summed E-state index contributed by atoms with van der Waals surface area (Å²) in [7, 11) is 1.31. The van der Waals surface area contributed by atoms with E-state index < -0.39 is 0 Å². The van der Waals surface area contributed by atoms with E-state index in [0.29, 0.717) is 57.8 Å². The molecule has 0 aromatic heterocycles. The molecule has 0 amide bonds. The molecule has 0 aliphatic heterocycles. The summed E-state index contributed by atoms with van der Waals surface area (Å²) >= 11 is 0. The van der Waals surface area contributed by atoms with Gasteiger partial charge in [-0.3, -0.25) is 10.1 Å². The van der Waals surface area contributed by atoms with Gasteiger partial charge in [0.2, 0.25) is 39.1 Å². The summed E-state index contributed by atoms with van der Waals surface area (Å²) in [5.74, 6) is 0. The summed E-state index contributed by atoms with van der Waals surface area (Å²) in [5, 5.41) is 11.8. The zero-order valence-corrected chi connectivity index (χ0v) is 25.6. The molecule has 0 atom stereocenters. The number of hydrogen-bond acceptors (Lipinski definition) is 7. The highest BCUT2D eigenvalue weighted by molar-refractivity contribution is 6.26. The molecule has 0 spiro atoms. The minimum absolute atomic E-state index is 0.112. The molecule has 0 saturated heterocycles. The third kappa shape index (κ3) is 9.64. The number of nitro groups is 1. The Morgan fingerprint density at radius 2 is 1.21 bits per heavy atom. The zero-order chi connectivity index (χ0) is 25.8. The van der Waals surface area contributed by atoms with Crippen LogP contribution in [0.2, 0.25) is 26.2 Å². The van der Waals surface area contributed by atoms with Crippen LogP contribution in [0, 0.1) is 20.9 Å². The highest BCUT2D eigenvalue weighted by Crippen LogP contribution is 2.35. The molecule has 0 unspecified atom stereocenters. The van der Waals surface area contributed by atoms with E-state index in [1.807, 2.05) is 38.3 Å². The number of anilines is 1. The Labute approximate surface area is 215 Å². The van der Waals surface area contributed by atoms with Crippen molar-refractivity contribution in [1.29, 1.82) is 0 Å². The number of hydrogen-bond donors (Lipinski definition) is 0. The molecule has 0 heterocycles. The number of para-hydroxylation sites is 2. The Kier molecular flexibility index (Phi) is 14.0. The predicted molar refractivity (Wildman–Crippen MR) is 140 cm³/mol. The van der Waals surface area contributed by atoms with Gasteiger partial charge in [-0.15, -0.1) is 0 Å². The summed E-state index contributed by atoms with van der Waals surface area (Å²) in [6.45, 7) is 17.7. The van der Waals surface area contributed by atoms with Gasteiger partial charge in [0.15, 0.2) is 0 Å². The van der Waals surface area contributed by atoms with Crippen molar-refractivity contribution < 1.29 is 22.6 Å². The quantitative estimate of drug-likeness (QED) is 0.117. The summed E-state index contributed by atoms with van der Waals surface area (Å²) in [5.41, 5.74) is 0.219. The van der Waals surface area contributed by atoms with Crippen molar-refractivity contribution in [3.8, 4) is 0 Å². The van der Waals surface area contributed by atoms with E-state index in [-0.39, 0.29) is 34.0 Å². The van der Waals surface area contributed by atoms with Gasteiger partial charge in [0.05, 0.1) is 4.92 Å². The SMILES string of the molecule is C[Si]OC(O[Si]C)C(C)(C)CCN(CCC(C)(C)C(O[Si]C)O[Si]C)c1ccccc1[N+](=O)[O-]. The lowest BCUT2D eigenvalue weighted by Crippen LogP contribution is -2.41. The Morgan fingerprint density at radius 3 is 1.56 bits per heavy atom. The van der Waals surface area contributed by atoms with Crippen LogP contribution < -0.4 is 4.90 Å². The highest BCUT2D eigenvalue weighted by atomic mass is 28.2. The predicted octanol–water partition coefficient (Wildman–Crippen LogP) is 4.62. The second-order valence-electron chi connectivity index (χ2n) is 9.16. The molecular formula is C22H38N2O6Si4. The molecule has 0 saturated carbocycles. The maximum atomic E-state index is 11.8. The van der Waals surface area contributed by atoms with Gasteiger partial charge >= 0.3 is 0 Å². The van der Waals surface area contributed by atoms with Crippen molar-refractivity contribution in [3.63, 3.8) is 0 Å². The Balaban J connectivity index is 3.17. The van der Waals surface area contributed by atoms with Gasteiger partial charge in [-0.2, -0.15) is 0 Å². The minimum atomic E-state index is -0.314. The lowest BCUT2D eigenvalue weighted by atomic mass is 9.87. The fourth-order valence-electron chi connectivity index (χ4n) is 3.43. The summed E-state index contributed by atoms with van der Waals surface area (Å²) in [6, 6.07) is 6.95. The maximum Gasteiger partial charge on any atom is 0.292 e. The van der Waals surface area contributed by atoms with Crippen molar-refractivity contribution in [2.24, 2.45) is 10.8 Å². The van der Waals surface area contributed by atoms with Crippen molar-refractivity contribution in [2.45, 2.75) is 79.3 Å². The molecule has 1 aromatic carbocycles. The van der Waals surface area contributed by atoms with E-state index in [4.69, 9.17) is 17.7 Å². The van der Waals surface area contributed by atoms with Gasteiger partial charge in [-0.05, 0) is 45.1 Å². The van der Waals surface area contributed by atoms with E-state index in [9.17, 15) is 10.1 Å². The molecule has 0 bridgehead atoms. The molecule has 0 fully saturated rings. The topological polar surface area (TPSA) is 83.3 Å². The summed E-state index contributed by atoms with van der Waals surface area (Å²) in [4.78, 5) is 13.6. The minimum Gasteiger partial charge on any atom is -0.394 e. The molecular weight excluding hydrogens is 501 g/mol. The van der Waals surface area contributed by atoms with Crippen LogP contribution in [0.5, 0.6) is 0 Å². The fourth-order valence-corrected chi connectivity index (χ4v) is 5.95. The largest absolute Gasteiger partial charge is 0.394 e. The van der Waals surface area contributed by atoms with E-state index in [1.165, 1.54) is 0 Å². The van der Waals surface area contributed by atoms with Gasteiger partial charge in [-0.25, -0.2) is 0 Å². The Bertz CT molecular complexity index is 697. The maximum absolute atomic E-state index is 11.8. The van der Waals surface area contributed by atoms with Crippen LogP contribution >= 0.6 is 0 Å². The van der Waals surface area contributed by atoms with E-state index >= 15 is 0 Å². The van der Waals surface area contributed by atoms with Crippen LogP contribution in [0.3, 0.4) is 0 Å².